The summed E-state index contributed by atoms with van der Waals surface area (Å²) in [6.45, 7) is 1.99. The first-order valence-electron chi connectivity index (χ1n) is 5.74. The number of methoxy groups -OCH3 is 1. The SMILES string of the molecule is COc1ccccc1CC(NN)c1csc(C)n1. The summed E-state index contributed by atoms with van der Waals surface area (Å²) in [6.07, 6.45) is 0.754. The van der Waals surface area contributed by atoms with Gasteiger partial charge < -0.3 is 4.74 Å². The van der Waals surface area contributed by atoms with Gasteiger partial charge in [0.05, 0.1) is 23.9 Å². The number of rotatable bonds is 5. The minimum absolute atomic E-state index is 0.00579. The van der Waals surface area contributed by atoms with Crippen LogP contribution >= 0.6 is 11.3 Å². The number of ether oxygens (including phenoxy) is 1. The van der Waals surface area contributed by atoms with Gasteiger partial charge in [-0.2, -0.15) is 0 Å². The molecule has 1 atom stereocenters. The topological polar surface area (TPSA) is 60.2 Å². The van der Waals surface area contributed by atoms with Crippen molar-refractivity contribution in [3.63, 3.8) is 0 Å². The summed E-state index contributed by atoms with van der Waals surface area (Å²) in [6, 6.07) is 7.96. The van der Waals surface area contributed by atoms with Crippen LogP contribution in [0.15, 0.2) is 29.6 Å². The number of hydrazine groups is 1. The maximum atomic E-state index is 5.63. The van der Waals surface area contributed by atoms with Crippen molar-refractivity contribution in [1.82, 2.24) is 10.4 Å². The van der Waals surface area contributed by atoms with E-state index in [0.717, 1.165) is 28.4 Å². The molecule has 0 aliphatic heterocycles. The quantitative estimate of drug-likeness (QED) is 0.641. The average Bonchev–Trinajstić information content (AvgIpc) is 2.83. The van der Waals surface area contributed by atoms with Gasteiger partial charge in [-0.05, 0) is 25.0 Å². The first-order chi connectivity index (χ1) is 8.74. The Labute approximate surface area is 111 Å². The van der Waals surface area contributed by atoms with E-state index in [2.05, 4.69) is 10.4 Å². The Morgan fingerprint density at radius 1 is 1.44 bits per heavy atom. The number of thiazole rings is 1. The van der Waals surface area contributed by atoms with Crippen LogP contribution in [-0.4, -0.2) is 12.1 Å². The first-order valence-corrected chi connectivity index (χ1v) is 6.62. The number of nitrogens with one attached hydrogen (secondary N) is 1. The zero-order valence-electron chi connectivity index (χ0n) is 10.5. The summed E-state index contributed by atoms with van der Waals surface area (Å²) in [4.78, 5) is 4.47. The number of nitrogens with two attached hydrogens (primary N) is 1. The average molecular weight is 263 g/mol. The van der Waals surface area contributed by atoms with E-state index in [1.165, 1.54) is 0 Å². The molecule has 18 heavy (non-hydrogen) atoms. The second-order valence-corrected chi connectivity index (χ2v) is 5.09. The Hall–Kier alpha value is -1.43. The number of hydrogen-bond donors (Lipinski definition) is 2. The molecule has 0 saturated heterocycles. The smallest absolute Gasteiger partial charge is 0.122 e. The van der Waals surface area contributed by atoms with E-state index in [1.807, 2.05) is 36.6 Å². The summed E-state index contributed by atoms with van der Waals surface area (Å²) in [5.41, 5.74) is 4.92. The van der Waals surface area contributed by atoms with Crippen LogP contribution in [0.2, 0.25) is 0 Å². The zero-order chi connectivity index (χ0) is 13.0. The molecule has 0 amide bonds. The minimum atomic E-state index is 0.00579. The number of benzene rings is 1. The number of nitrogens with zero attached hydrogens (tertiary/aromatic N) is 1. The molecule has 3 N–H and O–H groups in total. The fraction of sp³-hybridized carbons (Fsp3) is 0.308. The van der Waals surface area contributed by atoms with Crippen LogP contribution < -0.4 is 16.0 Å². The zero-order valence-corrected chi connectivity index (χ0v) is 11.3. The van der Waals surface area contributed by atoms with Crippen molar-refractivity contribution in [3.8, 4) is 5.75 Å². The van der Waals surface area contributed by atoms with Crippen LogP contribution in [0, 0.1) is 6.92 Å². The fourth-order valence-corrected chi connectivity index (χ4v) is 2.55. The Balaban J connectivity index is 2.20. The van der Waals surface area contributed by atoms with E-state index >= 15 is 0 Å². The lowest BCUT2D eigenvalue weighted by atomic mass is 10.0. The molecule has 2 aromatic rings. The summed E-state index contributed by atoms with van der Waals surface area (Å²) in [5, 5.41) is 3.08. The van der Waals surface area contributed by atoms with Gasteiger partial charge in [-0.3, -0.25) is 11.3 Å². The van der Waals surface area contributed by atoms with Crippen molar-refractivity contribution in [2.24, 2.45) is 5.84 Å². The molecule has 0 fully saturated rings. The van der Waals surface area contributed by atoms with E-state index < -0.39 is 0 Å². The molecule has 0 bridgehead atoms. The van der Waals surface area contributed by atoms with Crippen molar-refractivity contribution in [1.29, 1.82) is 0 Å². The molecule has 0 aliphatic carbocycles. The molecular formula is C13H17N3OS. The molecule has 2 rings (SSSR count). The molecule has 0 spiro atoms. The third-order valence-electron chi connectivity index (χ3n) is 2.81. The van der Waals surface area contributed by atoms with Gasteiger partial charge >= 0.3 is 0 Å². The van der Waals surface area contributed by atoms with Gasteiger partial charge in [0.25, 0.3) is 0 Å². The van der Waals surface area contributed by atoms with Gasteiger partial charge in [0.2, 0.25) is 0 Å². The molecule has 96 valence electrons. The fourth-order valence-electron chi connectivity index (χ4n) is 1.88. The monoisotopic (exact) mass is 263 g/mol. The molecule has 0 saturated carbocycles. The van der Waals surface area contributed by atoms with Gasteiger partial charge in [-0.1, -0.05) is 18.2 Å². The number of aryl methyl sites for hydroxylation is 1. The van der Waals surface area contributed by atoms with Gasteiger partial charge in [-0.25, -0.2) is 4.98 Å². The highest BCUT2D eigenvalue weighted by molar-refractivity contribution is 7.09. The van der Waals surface area contributed by atoms with Crippen molar-refractivity contribution in [3.05, 3.63) is 45.9 Å². The maximum Gasteiger partial charge on any atom is 0.122 e. The highest BCUT2D eigenvalue weighted by atomic mass is 32.1. The molecular weight excluding hydrogens is 246 g/mol. The van der Waals surface area contributed by atoms with Crippen LogP contribution in [0.5, 0.6) is 5.75 Å². The van der Waals surface area contributed by atoms with Crippen molar-refractivity contribution < 1.29 is 4.74 Å². The Bertz CT molecular complexity index is 512. The molecule has 1 aromatic heterocycles. The number of para-hydroxylation sites is 1. The second-order valence-electron chi connectivity index (χ2n) is 4.03. The predicted molar refractivity (Wildman–Crippen MR) is 73.6 cm³/mol. The van der Waals surface area contributed by atoms with Crippen molar-refractivity contribution >= 4 is 11.3 Å². The third kappa shape index (κ3) is 2.87. The van der Waals surface area contributed by atoms with E-state index in [1.54, 1.807) is 18.4 Å². The lowest BCUT2D eigenvalue weighted by molar-refractivity contribution is 0.405. The van der Waals surface area contributed by atoms with Gasteiger partial charge in [0, 0.05) is 5.38 Å². The van der Waals surface area contributed by atoms with E-state index in [-0.39, 0.29) is 6.04 Å². The summed E-state index contributed by atoms with van der Waals surface area (Å²) < 4.78 is 5.35. The lowest BCUT2D eigenvalue weighted by Crippen LogP contribution is -2.30. The van der Waals surface area contributed by atoms with Crippen LogP contribution in [-0.2, 0) is 6.42 Å². The second kappa shape index (κ2) is 5.95. The predicted octanol–water partition coefficient (Wildman–Crippen LogP) is 2.21. The van der Waals surface area contributed by atoms with E-state index in [0.29, 0.717) is 0 Å². The normalized spacial score (nSPS) is 12.4. The van der Waals surface area contributed by atoms with Crippen molar-refractivity contribution in [2.45, 2.75) is 19.4 Å². The maximum absolute atomic E-state index is 5.63. The van der Waals surface area contributed by atoms with Crippen LogP contribution in [0.1, 0.15) is 22.3 Å². The number of hydrogen-bond acceptors (Lipinski definition) is 5. The van der Waals surface area contributed by atoms with E-state index in [9.17, 15) is 0 Å². The standard InChI is InChI=1S/C13H17N3OS/c1-9-15-12(8-18-9)11(16-14)7-10-5-3-4-6-13(10)17-2/h3-6,8,11,16H,7,14H2,1-2H3. The summed E-state index contributed by atoms with van der Waals surface area (Å²) >= 11 is 1.63. The molecule has 0 radical (unpaired) electrons. The molecule has 4 nitrogen and oxygen atoms in total. The Morgan fingerprint density at radius 3 is 2.83 bits per heavy atom. The van der Waals surface area contributed by atoms with Crippen LogP contribution in [0.4, 0.5) is 0 Å². The first kappa shape index (κ1) is 13.0. The molecule has 1 aromatic carbocycles. The molecule has 1 unspecified atom stereocenters. The minimum Gasteiger partial charge on any atom is -0.496 e. The summed E-state index contributed by atoms with van der Waals surface area (Å²) in [7, 11) is 1.68. The van der Waals surface area contributed by atoms with Crippen molar-refractivity contribution in [2.75, 3.05) is 7.11 Å². The largest absolute Gasteiger partial charge is 0.496 e. The third-order valence-corrected chi connectivity index (χ3v) is 3.60. The highest BCUT2D eigenvalue weighted by Gasteiger charge is 2.15. The molecule has 1 heterocycles. The Morgan fingerprint density at radius 2 is 2.22 bits per heavy atom. The van der Waals surface area contributed by atoms with Crippen LogP contribution in [0.25, 0.3) is 0 Å². The molecule has 5 heteroatoms. The van der Waals surface area contributed by atoms with Gasteiger partial charge in [0.15, 0.2) is 0 Å². The highest BCUT2D eigenvalue weighted by Crippen LogP contribution is 2.25. The van der Waals surface area contributed by atoms with Crippen LogP contribution in [0.3, 0.4) is 0 Å². The van der Waals surface area contributed by atoms with Gasteiger partial charge in [0.1, 0.15) is 5.75 Å². The Kier molecular flexibility index (Phi) is 4.30. The summed E-state index contributed by atoms with van der Waals surface area (Å²) in [5.74, 6) is 6.51. The van der Waals surface area contributed by atoms with E-state index in [4.69, 9.17) is 10.6 Å². The van der Waals surface area contributed by atoms with Gasteiger partial charge in [-0.15, -0.1) is 11.3 Å². The lowest BCUT2D eigenvalue weighted by Gasteiger charge is -2.15. The number of aromatic nitrogens is 1. The molecule has 0 aliphatic rings.